The Hall–Kier alpha value is -2.39. The van der Waals surface area contributed by atoms with Crippen LogP contribution in [0.3, 0.4) is 0 Å². The van der Waals surface area contributed by atoms with Gasteiger partial charge in [-0.15, -0.1) is 22.7 Å². The number of nitrogens with zero attached hydrogens (tertiary/aromatic N) is 1. The zero-order chi connectivity index (χ0) is 23.6. The molecule has 180 valence electrons. The number of quaternary nitrogens is 1. The minimum Gasteiger partial charge on any atom is -0.504 e. The number of thiophene rings is 2. The number of esters is 1. The van der Waals surface area contributed by atoms with Crippen molar-refractivity contribution in [1.29, 1.82) is 0 Å². The maximum atomic E-state index is 13.6. The molecule has 0 aliphatic carbocycles. The van der Waals surface area contributed by atoms with Crippen molar-refractivity contribution in [3.8, 4) is 11.5 Å². The number of benzene rings is 1. The summed E-state index contributed by atoms with van der Waals surface area (Å²) in [5, 5.41) is 25.3. The standard InChI is InChI=1S/C26H29NO5S2/c28-20-6-1-2-7-21(20)31-15-5-12-27-13-10-19(11-14-27)18-24(27)32-25(29)26(30,22-8-3-16-33-22)23-9-4-17-34-23/h1-4,6-9,16-17,19,24,30H,5,10-15,18H2/p+1/t19?,24-,27?/m1/s1. The van der Waals surface area contributed by atoms with Crippen LogP contribution in [0.5, 0.6) is 11.5 Å². The Morgan fingerprint density at radius 1 is 1.03 bits per heavy atom. The molecule has 3 aliphatic rings. The molecular formula is C26H30NO5S2+. The Bertz CT molecular complexity index is 1060. The Labute approximate surface area is 207 Å². The largest absolute Gasteiger partial charge is 0.504 e. The minimum atomic E-state index is -1.78. The number of piperidine rings is 3. The third-order valence-electron chi connectivity index (χ3n) is 7.28. The van der Waals surface area contributed by atoms with E-state index in [-0.39, 0.29) is 12.0 Å². The molecule has 0 unspecified atom stereocenters. The van der Waals surface area contributed by atoms with Crippen LogP contribution in [-0.4, -0.2) is 53.1 Å². The number of hydrogen-bond donors (Lipinski definition) is 2. The first-order valence-corrected chi connectivity index (χ1v) is 13.6. The molecule has 34 heavy (non-hydrogen) atoms. The molecule has 2 aromatic heterocycles. The van der Waals surface area contributed by atoms with Gasteiger partial charge in [0.05, 0.1) is 36.0 Å². The Morgan fingerprint density at radius 2 is 1.71 bits per heavy atom. The number of carbonyl (C=O) groups is 1. The summed E-state index contributed by atoms with van der Waals surface area (Å²) in [5.74, 6) is 0.603. The number of rotatable bonds is 9. The number of para-hydroxylation sites is 2. The van der Waals surface area contributed by atoms with E-state index in [1.807, 2.05) is 29.0 Å². The van der Waals surface area contributed by atoms with E-state index in [1.54, 1.807) is 30.3 Å². The van der Waals surface area contributed by atoms with Gasteiger partial charge in [0.2, 0.25) is 11.8 Å². The molecule has 0 spiro atoms. The average Bonchev–Trinajstić information content (AvgIpc) is 3.59. The smallest absolute Gasteiger partial charge is 0.353 e. The molecule has 3 saturated heterocycles. The maximum Gasteiger partial charge on any atom is 0.353 e. The summed E-state index contributed by atoms with van der Waals surface area (Å²) in [5.41, 5.74) is -1.78. The molecule has 6 nitrogen and oxygen atoms in total. The van der Waals surface area contributed by atoms with Crippen LogP contribution in [0.25, 0.3) is 0 Å². The van der Waals surface area contributed by atoms with Crippen LogP contribution >= 0.6 is 22.7 Å². The lowest BCUT2D eigenvalue weighted by Crippen LogP contribution is -2.66. The van der Waals surface area contributed by atoms with E-state index in [0.29, 0.717) is 28.0 Å². The van der Waals surface area contributed by atoms with Crippen molar-refractivity contribution >= 4 is 28.6 Å². The monoisotopic (exact) mass is 500 g/mol. The van der Waals surface area contributed by atoms with Gasteiger partial charge in [0, 0.05) is 25.7 Å². The third kappa shape index (κ3) is 4.35. The molecule has 0 saturated carbocycles. The molecule has 3 aromatic rings. The normalized spacial score (nSPS) is 24.1. The summed E-state index contributed by atoms with van der Waals surface area (Å²) in [6.07, 6.45) is 3.62. The van der Waals surface area contributed by atoms with E-state index >= 15 is 0 Å². The van der Waals surface area contributed by atoms with E-state index in [4.69, 9.17) is 9.47 Å². The lowest BCUT2D eigenvalue weighted by Gasteiger charge is -2.53. The zero-order valence-corrected chi connectivity index (χ0v) is 20.6. The number of hydrogen-bond acceptors (Lipinski definition) is 7. The number of aliphatic hydroxyl groups is 1. The SMILES string of the molecule is O=C(O[C@@H]1CC2CC[N+]1(CCCOc1ccccc1O)CC2)C(O)(c1cccs1)c1cccs1. The van der Waals surface area contributed by atoms with E-state index in [0.717, 1.165) is 49.8 Å². The van der Waals surface area contributed by atoms with E-state index in [1.165, 1.54) is 22.7 Å². The van der Waals surface area contributed by atoms with Crippen LogP contribution < -0.4 is 4.74 Å². The van der Waals surface area contributed by atoms with Crippen LogP contribution in [0.4, 0.5) is 0 Å². The molecule has 3 aliphatic heterocycles. The Morgan fingerprint density at radius 3 is 2.32 bits per heavy atom. The van der Waals surface area contributed by atoms with Crippen molar-refractivity contribution in [2.75, 3.05) is 26.2 Å². The Balaban J connectivity index is 1.30. The van der Waals surface area contributed by atoms with Crippen LogP contribution in [0.1, 0.15) is 35.4 Å². The number of fused-ring (bicyclic) bond motifs is 3. The summed E-state index contributed by atoms with van der Waals surface area (Å²) < 4.78 is 12.7. The van der Waals surface area contributed by atoms with Gasteiger partial charge in [-0.1, -0.05) is 24.3 Å². The molecule has 1 atom stereocenters. The van der Waals surface area contributed by atoms with Crippen molar-refractivity contribution in [1.82, 2.24) is 0 Å². The van der Waals surface area contributed by atoms with Crippen LogP contribution in [-0.2, 0) is 15.1 Å². The highest BCUT2D eigenvalue weighted by Crippen LogP contribution is 2.42. The molecule has 2 N–H and O–H groups in total. The lowest BCUT2D eigenvalue weighted by molar-refractivity contribution is -0.984. The molecule has 5 heterocycles. The second-order valence-corrected chi connectivity index (χ2v) is 11.2. The zero-order valence-electron chi connectivity index (χ0n) is 19.0. The van der Waals surface area contributed by atoms with E-state index in [9.17, 15) is 15.0 Å². The fourth-order valence-corrected chi connectivity index (χ4v) is 7.05. The first-order valence-electron chi connectivity index (χ1n) is 11.8. The second-order valence-electron chi connectivity index (χ2n) is 9.26. The van der Waals surface area contributed by atoms with Crippen molar-refractivity contribution < 1.29 is 29.0 Å². The van der Waals surface area contributed by atoms with Crippen molar-refractivity contribution in [3.05, 3.63) is 69.0 Å². The van der Waals surface area contributed by atoms with Gasteiger partial charge in [-0.05, 0) is 40.9 Å². The van der Waals surface area contributed by atoms with Crippen LogP contribution in [0.15, 0.2) is 59.3 Å². The molecule has 6 rings (SSSR count). The van der Waals surface area contributed by atoms with Crippen molar-refractivity contribution in [2.24, 2.45) is 5.92 Å². The minimum absolute atomic E-state index is 0.140. The fourth-order valence-electron chi connectivity index (χ4n) is 5.34. The Kier molecular flexibility index (Phi) is 6.66. The maximum absolute atomic E-state index is 13.6. The van der Waals surface area contributed by atoms with Gasteiger partial charge in [0.15, 0.2) is 11.5 Å². The van der Waals surface area contributed by atoms with Crippen molar-refractivity contribution in [2.45, 2.75) is 37.5 Å². The van der Waals surface area contributed by atoms with Crippen molar-refractivity contribution in [3.63, 3.8) is 0 Å². The van der Waals surface area contributed by atoms with Gasteiger partial charge in [0.25, 0.3) is 0 Å². The van der Waals surface area contributed by atoms with Gasteiger partial charge < -0.3 is 19.7 Å². The molecule has 0 radical (unpaired) electrons. The predicted octanol–water partition coefficient (Wildman–Crippen LogP) is 4.72. The van der Waals surface area contributed by atoms with Gasteiger partial charge in [-0.2, -0.15) is 0 Å². The van der Waals surface area contributed by atoms with E-state index in [2.05, 4.69) is 0 Å². The summed E-state index contributed by atoms with van der Waals surface area (Å²) in [7, 11) is 0. The summed E-state index contributed by atoms with van der Waals surface area (Å²) in [4.78, 5) is 14.7. The first-order chi connectivity index (χ1) is 16.5. The second kappa shape index (κ2) is 9.70. The van der Waals surface area contributed by atoms with Gasteiger partial charge in [-0.3, -0.25) is 4.48 Å². The molecule has 8 heteroatoms. The van der Waals surface area contributed by atoms with Gasteiger partial charge in [-0.25, -0.2) is 4.79 Å². The highest BCUT2D eigenvalue weighted by molar-refractivity contribution is 7.12. The number of carbonyl (C=O) groups excluding carboxylic acids is 1. The molecule has 0 amide bonds. The highest BCUT2D eigenvalue weighted by atomic mass is 32.1. The number of aromatic hydroxyl groups is 1. The average molecular weight is 501 g/mol. The molecule has 2 bridgehead atoms. The third-order valence-corrected chi connectivity index (χ3v) is 9.23. The van der Waals surface area contributed by atoms with Gasteiger partial charge in [0.1, 0.15) is 0 Å². The van der Waals surface area contributed by atoms with E-state index < -0.39 is 11.6 Å². The fraction of sp³-hybridized carbons (Fsp3) is 0.423. The summed E-state index contributed by atoms with van der Waals surface area (Å²) in [6.45, 7) is 3.25. The highest BCUT2D eigenvalue weighted by Gasteiger charge is 2.52. The number of ether oxygens (including phenoxy) is 2. The quantitative estimate of drug-likeness (QED) is 0.253. The van der Waals surface area contributed by atoms with Crippen LogP contribution in [0, 0.1) is 5.92 Å². The first kappa shape index (κ1) is 23.4. The van der Waals surface area contributed by atoms with Crippen LogP contribution in [0.2, 0.25) is 0 Å². The lowest BCUT2D eigenvalue weighted by atomic mass is 9.84. The molecular weight excluding hydrogens is 470 g/mol. The summed E-state index contributed by atoms with van der Waals surface area (Å²) >= 11 is 2.73. The van der Waals surface area contributed by atoms with Gasteiger partial charge >= 0.3 is 5.97 Å². The molecule has 1 aromatic carbocycles. The summed E-state index contributed by atoms with van der Waals surface area (Å²) in [6, 6.07) is 14.3. The number of phenolic OH excluding ortho intramolecular Hbond substituents is 1. The topological polar surface area (TPSA) is 76.0 Å². The predicted molar refractivity (Wildman–Crippen MR) is 132 cm³/mol. The molecule has 3 fully saturated rings. The number of phenols is 1.